The van der Waals surface area contributed by atoms with Crippen LogP contribution in [-0.2, 0) is 14.3 Å². The van der Waals surface area contributed by atoms with Crippen LogP contribution in [-0.4, -0.2) is 32.7 Å². The third-order valence-corrected chi connectivity index (χ3v) is 4.45. The van der Waals surface area contributed by atoms with E-state index in [1.54, 1.807) is 37.5 Å². The van der Waals surface area contributed by atoms with Crippen molar-refractivity contribution in [1.29, 1.82) is 0 Å². The van der Waals surface area contributed by atoms with Crippen molar-refractivity contribution in [2.45, 2.75) is 0 Å². The zero-order valence-corrected chi connectivity index (χ0v) is 17.3. The minimum Gasteiger partial charge on any atom is -0.493 e. The van der Waals surface area contributed by atoms with Gasteiger partial charge in [0.1, 0.15) is 0 Å². The van der Waals surface area contributed by atoms with Crippen molar-refractivity contribution in [3.8, 4) is 22.6 Å². The molecule has 0 saturated carbocycles. The summed E-state index contributed by atoms with van der Waals surface area (Å²) in [4.78, 5) is 24.3. The first-order valence-corrected chi connectivity index (χ1v) is 9.62. The summed E-state index contributed by atoms with van der Waals surface area (Å²) in [5, 5.41) is 2.80. The van der Waals surface area contributed by atoms with E-state index in [0.29, 0.717) is 17.2 Å². The van der Waals surface area contributed by atoms with Gasteiger partial charge < -0.3 is 19.5 Å². The van der Waals surface area contributed by atoms with Crippen LogP contribution in [0.2, 0.25) is 0 Å². The molecule has 0 bridgehead atoms. The molecular formula is C25H23NO5. The van der Waals surface area contributed by atoms with Gasteiger partial charge in [0.25, 0.3) is 5.91 Å². The summed E-state index contributed by atoms with van der Waals surface area (Å²) in [7, 11) is 3.09. The quantitative estimate of drug-likeness (QED) is 0.429. The summed E-state index contributed by atoms with van der Waals surface area (Å²) in [6.45, 7) is -0.391. The van der Waals surface area contributed by atoms with Gasteiger partial charge in [-0.25, -0.2) is 4.79 Å². The number of para-hydroxylation sites is 1. The number of hydrogen-bond donors (Lipinski definition) is 1. The van der Waals surface area contributed by atoms with E-state index < -0.39 is 18.5 Å². The zero-order valence-electron chi connectivity index (χ0n) is 17.3. The summed E-state index contributed by atoms with van der Waals surface area (Å²) in [6.07, 6.45) is 2.83. The molecule has 3 aromatic rings. The summed E-state index contributed by atoms with van der Waals surface area (Å²) in [6, 6.07) is 22.4. The normalized spacial score (nSPS) is 10.5. The van der Waals surface area contributed by atoms with Crippen LogP contribution < -0.4 is 14.8 Å². The Morgan fingerprint density at radius 2 is 1.58 bits per heavy atom. The maximum Gasteiger partial charge on any atom is 0.331 e. The van der Waals surface area contributed by atoms with Gasteiger partial charge in [-0.1, -0.05) is 54.6 Å². The molecule has 0 radical (unpaired) electrons. The molecule has 0 aromatic heterocycles. The van der Waals surface area contributed by atoms with Crippen LogP contribution in [0.1, 0.15) is 5.56 Å². The SMILES string of the molecule is COc1ccc(/C=C/C(=O)OCC(=O)Nc2ccccc2-c2ccccc2)cc1OC. The van der Waals surface area contributed by atoms with E-state index in [9.17, 15) is 9.59 Å². The van der Waals surface area contributed by atoms with Crippen molar-refractivity contribution < 1.29 is 23.8 Å². The highest BCUT2D eigenvalue weighted by Gasteiger charge is 2.10. The van der Waals surface area contributed by atoms with E-state index in [4.69, 9.17) is 14.2 Å². The van der Waals surface area contributed by atoms with Crippen molar-refractivity contribution in [2.75, 3.05) is 26.1 Å². The lowest BCUT2D eigenvalue weighted by Crippen LogP contribution is -2.20. The molecule has 6 heteroatoms. The second kappa shape index (κ2) is 10.6. The number of anilines is 1. The molecule has 0 unspecified atom stereocenters. The Morgan fingerprint density at radius 3 is 2.32 bits per heavy atom. The molecule has 0 aliphatic carbocycles. The number of esters is 1. The van der Waals surface area contributed by atoms with Gasteiger partial charge in [0, 0.05) is 17.3 Å². The molecule has 0 fully saturated rings. The number of hydrogen-bond acceptors (Lipinski definition) is 5. The van der Waals surface area contributed by atoms with Crippen molar-refractivity contribution in [3.05, 3.63) is 84.4 Å². The Kier molecular flexibility index (Phi) is 7.43. The van der Waals surface area contributed by atoms with Crippen LogP contribution in [0.25, 0.3) is 17.2 Å². The first kappa shape index (κ1) is 21.6. The highest BCUT2D eigenvalue weighted by molar-refractivity contribution is 5.97. The molecule has 0 spiro atoms. The van der Waals surface area contributed by atoms with Gasteiger partial charge in [-0.05, 0) is 35.4 Å². The molecule has 3 rings (SSSR count). The van der Waals surface area contributed by atoms with E-state index in [0.717, 1.165) is 16.7 Å². The van der Waals surface area contributed by atoms with Crippen molar-refractivity contribution in [2.24, 2.45) is 0 Å². The molecule has 3 aromatic carbocycles. The number of rotatable bonds is 8. The fourth-order valence-electron chi connectivity index (χ4n) is 2.95. The van der Waals surface area contributed by atoms with Crippen LogP contribution in [0.5, 0.6) is 11.5 Å². The third-order valence-electron chi connectivity index (χ3n) is 4.45. The average molecular weight is 417 g/mol. The van der Waals surface area contributed by atoms with Crippen molar-refractivity contribution in [1.82, 2.24) is 0 Å². The number of nitrogens with one attached hydrogen (secondary N) is 1. The lowest BCUT2D eigenvalue weighted by atomic mass is 10.0. The first-order valence-electron chi connectivity index (χ1n) is 9.62. The molecule has 1 N–H and O–H groups in total. The van der Waals surface area contributed by atoms with Crippen molar-refractivity contribution >= 4 is 23.6 Å². The van der Waals surface area contributed by atoms with E-state index in [2.05, 4.69) is 5.32 Å². The van der Waals surface area contributed by atoms with E-state index in [-0.39, 0.29) is 0 Å². The van der Waals surface area contributed by atoms with Crippen LogP contribution in [0.4, 0.5) is 5.69 Å². The van der Waals surface area contributed by atoms with E-state index >= 15 is 0 Å². The van der Waals surface area contributed by atoms with Gasteiger partial charge in [0.15, 0.2) is 18.1 Å². The average Bonchev–Trinajstić information content (AvgIpc) is 2.82. The maximum atomic E-state index is 12.3. The van der Waals surface area contributed by atoms with Crippen LogP contribution in [0.3, 0.4) is 0 Å². The minimum absolute atomic E-state index is 0.391. The Balaban J connectivity index is 1.57. The van der Waals surface area contributed by atoms with Gasteiger partial charge >= 0.3 is 5.97 Å². The van der Waals surface area contributed by atoms with Crippen LogP contribution >= 0.6 is 0 Å². The first-order chi connectivity index (χ1) is 15.1. The molecule has 158 valence electrons. The molecular weight excluding hydrogens is 394 g/mol. The number of benzene rings is 3. The van der Waals surface area contributed by atoms with E-state index in [1.807, 2.05) is 48.5 Å². The Bertz CT molecular complexity index is 1080. The van der Waals surface area contributed by atoms with Gasteiger partial charge in [0.2, 0.25) is 0 Å². The second-order valence-electron chi connectivity index (χ2n) is 6.52. The predicted octanol–water partition coefficient (Wildman–Crippen LogP) is 4.57. The summed E-state index contributed by atoms with van der Waals surface area (Å²) >= 11 is 0. The second-order valence-corrected chi connectivity index (χ2v) is 6.52. The lowest BCUT2D eigenvalue weighted by molar-refractivity contribution is -0.142. The number of ether oxygens (including phenoxy) is 3. The fraction of sp³-hybridized carbons (Fsp3) is 0.120. The van der Waals surface area contributed by atoms with Crippen molar-refractivity contribution in [3.63, 3.8) is 0 Å². The largest absolute Gasteiger partial charge is 0.493 e. The van der Waals surface area contributed by atoms with E-state index in [1.165, 1.54) is 13.2 Å². The summed E-state index contributed by atoms with van der Waals surface area (Å²) in [5.41, 5.74) is 3.25. The van der Waals surface area contributed by atoms with Gasteiger partial charge in [-0.2, -0.15) is 0 Å². The highest BCUT2D eigenvalue weighted by atomic mass is 16.5. The molecule has 6 nitrogen and oxygen atoms in total. The standard InChI is InChI=1S/C25H23NO5/c1-29-22-14-12-18(16-23(22)30-2)13-15-25(28)31-17-24(27)26-21-11-7-6-10-20(21)19-8-4-3-5-9-19/h3-16H,17H2,1-2H3,(H,26,27)/b15-13+. The predicted molar refractivity (Wildman–Crippen MR) is 120 cm³/mol. The third kappa shape index (κ3) is 5.96. The highest BCUT2D eigenvalue weighted by Crippen LogP contribution is 2.28. The molecule has 0 aliphatic heterocycles. The monoisotopic (exact) mass is 417 g/mol. The zero-order chi connectivity index (χ0) is 22.1. The fourth-order valence-corrected chi connectivity index (χ4v) is 2.95. The summed E-state index contributed by atoms with van der Waals surface area (Å²) < 4.78 is 15.5. The molecule has 0 heterocycles. The molecule has 0 aliphatic rings. The lowest BCUT2D eigenvalue weighted by Gasteiger charge is -2.11. The van der Waals surface area contributed by atoms with Gasteiger partial charge in [-0.3, -0.25) is 4.79 Å². The molecule has 31 heavy (non-hydrogen) atoms. The molecule has 1 amide bonds. The Labute approximate surface area is 181 Å². The number of methoxy groups -OCH3 is 2. The van der Waals surface area contributed by atoms with Gasteiger partial charge in [-0.15, -0.1) is 0 Å². The Morgan fingerprint density at radius 1 is 0.871 bits per heavy atom. The van der Waals surface area contributed by atoms with Gasteiger partial charge in [0.05, 0.1) is 14.2 Å². The van der Waals surface area contributed by atoms with Crippen LogP contribution in [0, 0.1) is 0 Å². The topological polar surface area (TPSA) is 73.9 Å². The smallest absolute Gasteiger partial charge is 0.331 e. The summed E-state index contributed by atoms with van der Waals surface area (Å²) in [5.74, 6) is 0.0988. The van der Waals surface area contributed by atoms with Crippen LogP contribution in [0.15, 0.2) is 78.9 Å². The number of carbonyl (C=O) groups is 2. The number of carbonyl (C=O) groups excluding carboxylic acids is 2. The number of amides is 1. The Hall–Kier alpha value is -4.06. The molecule has 0 atom stereocenters. The molecule has 0 saturated heterocycles. The minimum atomic E-state index is -0.624. The maximum absolute atomic E-state index is 12.3.